The summed E-state index contributed by atoms with van der Waals surface area (Å²) in [7, 11) is 3.56. The first kappa shape index (κ1) is 13.9. The number of hydrogen-bond donors (Lipinski definition) is 0. The van der Waals surface area contributed by atoms with E-state index in [1.807, 2.05) is 29.8 Å². The van der Waals surface area contributed by atoms with Crippen molar-refractivity contribution >= 4 is 22.6 Å². The fourth-order valence-corrected chi connectivity index (χ4v) is 2.81. The molecule has 0 bridgehead atoms. The van der Waals surface area contributed by atoms with Crippen molar-refractivity contribution in [1.29, 1.82) is 0 Å². The third kappa shape index (κ3) is 2.15. The van der Waals surface area contributed by atoms with Crippen LogP contribution in [-0.4, -0.2) is 31.4 Å². The summed E-state index contributed by atoms with van der Waals surface area (Å²) in [6, 6.07) is 5.82. The highest BCUT2D eigenvalue weighted by Gasteiger charge is 2.21. The normalized spacial score (nSPS) is 12.8. The number of fused-ring (bicyclic) bond motifs is 1. The number of para-hydroxylation sites is 1. The van der Waals surface area contributed by atoms with Gasteiger partial charge in [0.2, 0.25) is 0 Å². The molecule has 0 amide bonds. The van der Waals surface area contributed by atoms with Crippen LogP contribution in [0.25, 0.3) is 11.0 Å². The molecule has 2 aromatic heterocycles. The van der Waals surface area contributed by atoms with Gasteiger partial charge in [0.25, 0.3) is 0 Å². The molecule has 0 saturated heterocycles. The Morgan fingerprint density at radius 3 is 2.81 bits per heavy atom. The third-order valence-electron chi connectivity index (χ3n) is 3.60. The second-order valence-corrected chi connectivity index (χ2v) is 5.10. The minimum Gasteiger partial charge on any atom is -0.494 e. The number of methoxy groups -OCH3 is 1. The van der Waals surface area contributed by atoms with Crippen molar-refractivity contribution < 1.29 is 4.74 Å². The standard InChI is InChI=1S/C14H16ClN5O/c1-9(14-18-16-8-19(14)2)20-10-5-4-6-11(21-3)13(10)17-12(20)7-15/h4-6,8-9H,7H2,1-3H3. The van der Waals surface area contributed by atoms with Crippen molar-refractivity contribution in [1.82, 2.24) is 24.3 Å². The molecule has 0 aliphatic rings. The zero-order valence-electron chi connectivity index (χ0n) is 12.1. The Balaban J connectivity index is 2.24. The highest BCUT2D eigenvalue weighted by Crippen LogP contribution is 2.30. The summed E-state index contributed by atoms with van der Waals surface area (Å²) in [5.41, 5.74) is 1.78. The van der Waals surface area contributed by atoms with E-state index in [1.54, 1.807) is 13.4 Å². The molecule has 2 heterocycles. The van der Waals surface area contributed by atoms with Crippen molar-refractivity contribution in [2.75, 3.05) is 7.11 Å². The molecule has 21 heavy (non-hydrogen) atoms. The van der Waals surface area contributed by atoms with Gasteiger partial charge in [0.05, 0.1) is 24.5 Å². The van der Waals surface area contributed by atoms with E-state index in [-0.39, 0.29) is 6.04 Å². The first-order valence-electron chi connectivity index (χ1n) is 6.61. The van der Waals surface area contributed by atoms with Crippen molar-refractivity contribution in [3.63, 3.8) is 0 Å². The lowest BCUT2D eigenvalue weighted by Crippen LogP contribution is -2.14. The Labute approximate surface area is 127 Å². The maximum atomic E-state index is 6.08. The Bertz CT molecular complexity index is 779. The Kier molecular flexibility index (Phi) is 3.55. The van der Waals surface area contributed by atoms with Crippen LogP contribution in [0.3, 0.4) is 0 Å². The molecule has 0 aliphatic carbocycles. The second kappa shape index (κ2) is 5.37. The number of imidazole rings is 1. The smallest absolute Gasteiger partial charge is 0.155 e. The summed E-state index contributed by atoms with van der Waals surface area (Å²) < 4.78 is 9.36. The number of benzene rings is 1. The summed E-state index contributed by atoms with van der Waals surface area (Å²) in [5, 5.41) is 8.13. The molecular formula is C14H16ClN5O. The fourth-order valence-electron chi connectivity index (χ4n) is 2.62. The molecule has 0 saturated carbocycles. The largest absolute Gasteiger partial charge is 0.494 e. The summed E-state index contributed by atoms with van der Waals surface area (Å²) in [4.78, 5) is 4.61. The van der Waals surface area contributed by atoms with Crippen molar-refractivity contribution in [2.24, 2.45) is 7.05 Å². The number of alkyl halides is 1. The summed E-state index contributed by atoms with van der Waals surface area (Å²) in [5.74, 6) is 2.69. The predicted octanol–water partition coefficient (Wildman–Crippen LogP) is 2.52. The Morgan fingerprint density at radius 1 is 1.38 bits per heavy atom. The monoisotopic (exact) mass is 305 g/mol. The molecule has 0 fully saturated rings. The molecule has 0 aliphatic heterocycles. The van der Waals surface area contributed by atoms with Crippen molar-refractivity contribution in [3.8, 4) is 5.75 Å². The number of aromatic nitrogens is 5. The van der Waals surface area contributed by atoms with E-state index in [4.69, 9.17) is 16.3 Å². The van der Waals surface area contributed by atoms with E-state index in [1.165, 1.54) is 0 Å². The average molecular weight is 306 g/mol. The molecule has 1 unspecified atom stereocenters. The van der Waals surface area contributed by atoms with Crippen LogP contribution < -0.4 is 4.74 Å². The van der Waals surface area contributed by atoms with Gasteiger partial charge in [-0.25, -0.2) is 4.98 Å². The number of aryl methyl sites for hydroxylation is 1. The van der Waals surface area contributed by atoms with Gasteiger partial charge in [-0.2, -0.15) is 0 Å². The fraction of sp³-hybridized carbons (Fsp3) is 0.357. The van der Waals surface area contributed by atoms with E-state index in [9.17, 15) is 0 Å². The molecule has 3 aromatic rings. The second-order valence-electron chi connectivity index (χ2n) is 4.84. The van der Waals surface area contributed by atoms with E-state index in [2.05, 4.69) is 26.7 Å². The van der Waals surface area contributed by atoms with Crippen LogP contribution in [-0.2, 0) is 12.9 Å². The molecule has 1 aromatic carbocycles. The molecule has 1 atom stereocenters. The van der Waals surface area contributed by atoms with Gasteiger partial charge in [-0.05, 0) is 19.1 Å². The van der Waals surface area contributed by atoms with Gasteiger partial charge >= 0.3 is 0 Å². The molecule has 0 N–H and O–H groups in total. The highest BCUT2D eigenvalue weighted by atomic mass is 35.5. The van der Waals surface area contributed by atoms with Gasteiger partial charge in [-0.15, -0.1) is 21.8 Å². The molecular weight excluding hydrogens is 290 g/mol. The van der Waals surface area contributed by atoms with Crippen LogP contribution in [0.5, 0.6) is 5.75 Å². The lowest BCUT2D eigenvalue weighted by atomic mass is 10.2. The maximum Gasteiger partial charge on any atom is 0.155 e. The van der Waals surface area contributed by atoms with Crippen molar-refractivity contribution in [2.45, 2.75) is 18.8 Å². The maximum absolute atomic E-state index is 6.08. The predicted molar refractivity (Wildman–Crippen MR) is 80.7 cm³/mol. The number of hydrogen-bond acceptors (Lipinski definition) is 4. The molecule has 0 radical (unpaired) electrons. The summed E-state index contributed by atoms with van der Waals surface area (Å²) in [6.07, 6.45) is 1.69. The van der Waals surface area contributed by atoms with E-state index in [0.29, 0.717) is 5.88 Å². The van der Waals surface area contributed by atoms with E-state index in [0.717, 1.165) is 28.4 Å². The lowest BCUT2D eigenvalue weighted by molar-refractivity contribution is 0.419. The van der Waals surface area contributed by atoms with Crippen LogP contribution in [0.4, 0.5) is 0 Å². The van der Waals surface area contributed by atoms with E-state index < -0.39 is 0 Å². The van der Waals surface area contributed by atoms with E-state index >= 15 is 0 Å². The van der Waals surface area contributed by atoms with Crippen LogP contribution in [0.2, 0.25) is 0 Å². The van der Waals surface area contributed by atoms with Gasteiger partial charge in [-0.1, -0.05) is 6.07 Å². The Morgan fingerprint density at radius 2 is 2.19 bits per heavy atom. The van der Waals surface area contributed by atoms with Gasteiger partial charge in [0, 0.05) is 7.05 Å². The van der Waals surface area contributed by atoms with Crippen LogP contribution in [0.1, 0.15) is 24.6 Å². The molecule has 110 valence electrons. The third-order valence-corrected chi connectivity index (χ3v) is 3.84. The van der Waals surface area contributed by atoms with Crippen LogP contribution >= 0.6 is 11.6 Å². The Hall–Kier alpha value is -2.08. The quantitative estimate of drug-likeness (QED) is 0.695. The molecule has 3 rings (SSSR count). The van der Waals surface area contributed by atoms with Gasteiger partial charge in [0.1, 0.15) is 23.4 Å². The van der Waals surface area contributed by atoms with Crippen molar-refractivity contribution in [3.05, 3.63) is 36.2 Å². The minimum atomic E-state index is -0.0247. The zero-order chi connectivity index (χ0) is 15.0. The average Bonchev–Trinajstić information content (AvgIpc) is 3.09. The molecule has 6 nitrogen and oxygen atoms in total. The number of halogens is 1. The van der Waals surface area contributed by atoms with Gasteiger partial charge in [0.15, 0.2) is 5.82 Å². The minimum absolute atomic E-state index is 0.0247. The topological polar surface area (TPSA) is 57.8 Å². The first-order chi connectivity index (χ1) is 10.2. The lowest BCUT2D eigenvalue weighted by Gasteiger charge is -2.16. The van der Waals surface area contributed by atoms with Crippen LogP contribution in [0.15, 0.2) is 24.5 Å². The van der Waals surface area contributed by atoms with Gasteiger partial charge in [-0.3, -0.25) is 0 Å². The summed E-state index contributed by atoms with van der Waals surface area (Å²) >= 11 is 6.08. The zero-order valence-corrected chi connectivity index (χ0v) is 12.9. The first-order valence-corrected chi connectivity index (χ1v) is 7.14. The summed E-state index contributed by atoms with van der Waals surface area (Å²) in [6.45, 7) is 2.06. The highest BCUT2D eigenvalue weighted by molar-refractivity contribution is 6.16. The molecule has 0 spiro atoms. The number of ether oxygens (including phenoxy) is 1. The molecule has 7 heteroatoms. The van der Waals surface area contributed by atoms with Gasteiger partial charge < -0.3 is 13.9 Å². The number of rotatable bonds is 4. The number of nitrogens with zero attached hydrogens (tertiary/aromatic N) is 5. The van der Waals surface area contributed by atoms with Crippen LogP contribution in [0, 0.1) is 0 Å². The SMILES string of the molecule is COc1cccc2c1nc(CCl)n2C(C)c1nncn1C.